The summed E-state index contributed by atoms with van der Waals surface area (Å²) in [6.45, 7) is 8.18. The predicted octanol–water partition coefficient (Wildman–Crippen LogP) is 3.74. The molecule has 0 saturated carbocycles. The van der Waals surface area contributed by atoms with Gasteiger partial charge < -0.3 is 4.40 Å². The molecule has 0 fully saturated rings. The number of hydrogen-bond acceptors (Lipinski definition) is 3. The van der Waals surface area contributed by atoms with Gasteiger partial charge in [0.05, 0.1) is 16.3 Å². The van der Waals surface area contributed by atoms with E-state index in [0.29, 0.717) is 5.69 Å². The van der Waals surface area contributed by atoms with Gasteiger partial charge in [-0.05, 0) is 42.2 Å². The Balaban J connectivity index is 1.89. The summed E-state index contributed by atoms with van der Waals surface area (Å²) in [4.78, 5) is 4.57. The number of pyridine rings is 1. The van der Waals surface area contributed by atoms with Crippen molar-refractivity contribution in [3.63, 3.8) is 0 Å². The fourth-order valence-electron chi connectivity index (χ4n) is 2.53. The van der Waals surface area contributed by atoms with Gasteiger partial charge in [0.25, 0.3) is 10.0 Å². The van der Waals surface area contributed by atoms with E-state index in [1.54, 1.807) is 34.9 Å². The lowest BCUT2D eigenvalue weighted by Gasteiger charge is -2.19. The topological polar surface area (TPSA) is 63.5 Å². The summed E-state index contributed by atoms with van der Waals surface area (Å²) in [7, 11) is -3.62. The minimum Gasteiger partial charge on any atom is -0.305 e. The molecule has 0 amide bonds. The first-order valence-electron chi connectivity index (χ1n) is 7.74. The van der Waals surface area contributed by atoms with Crippen LogP contribution in [0.3, 0.4) is 0 Å². The van der Waals surface area contributed by atoms with Gasteiger partial charge in [-0.25, -0.2) is 13.4 Å². The van der Waals surface area contributed by atoms with Gasteiger partial charge in [0.2, 0.25) is 0 Å². The monoisotopic (exact) mass is 343 g/mol. The zero-order chi connectivity index (χ0) is 17.5. The van der Waals surface area contributed by atoms with Crippen molar-refractivity contribution in [2.45, 2.75) is 38.0 Å². The number of anilines is 1. The molecular formula is C18H21N3O2S. The van der Waals surface area contributed by atoms with Gasteiger partial charge in [-0.15, -0.1) is 0 Å². The van der Waals surface area contributed by atoms with Crippen LogP contribution in [0.15, 0.2) is 53.7 Å². The van der Waals surface area contributed by atoms with E-state index in [9.17, 15) is 8.42 Å². The summed E-state index contributed by atoms with van der Waals surface area (Å²) < 4.78 is 29.6. The third-order valence-corrected chi connectivity index (χ3v) is 5.25. The largest absolute Gasteiger partial charge is 0.305 e. The molecule has 6 heteroatoms. The molecule has 0 aliphatic rings. The molecule has 2 aromatic heterocycles. The molecule has 3 rings (SSSR count). The third kappa shape index (κ3) is 3.28. The zero-order valence-corrected chi connectivity index (χ0v) is 15.1. The van der Waals surface area contributed by atoms with E-state index in [0.717, 1.165) is 16.9 Å². The Hall–Kier alpha value is -2.34. The number of nitrogens with zero attached hydrogens (tertiary/aromatic N) is 2. The number of sulfonamides is 1. The molecule has 0 saturated heterocycles. The van der Waals surface area contributed by atoms with Crippen LogP contribution in [-0.4, -0.2) is 17.8 Å². The second-order valence-electron chi connectivity index (χ2n) is 6.95. The maximum atomic E-state index is 12.6. The number of rotatable bonds is 3. The number of benzene rings is 1. The van der Waals surface area contributed by atoms with Gasteiger partial charge in [-0.2, -0.15) is 0 Å². The summed E-state index contributed by atoms with van der Waals surface area (Å²) in [6.07, 6.45) is 3.57. The first-order chi connectivity index (χ1) is 11.1. The number of imidazole rings is 1. The SMILES string of the molecule is Cc1cn2cc(NS(=O)(=O)c3ccc(C(C)(C)C)cc3)ccc2n1. The van der Waals surface area contributed by atoms with Crippen molar-refractivity contribution in [2.24, 2.45) is 0 Å². The van der Waals surface area contributed by atoms with Gasteiger partial charge in [0.15, 0.2) is 0 Å². The Morgan fingerprint density at radius 3 is 2.29 bits per heavy atom. The van der Waals surface area contributed by atoms with Gasteiger partial charge in [-0.3, -0.25) is 4.72 Å². The van der Waals surface area contributed by atoms with Crippen LogP contribution in [0.25, 0.3) is 5.65 Å². The molecule has 2 heterocycles. The van der Waals surface area contributed by atoms with Crippen LogP contribution in [0.2, 0.25) is 0 Å². The second kappa shape index (κ2) is 5.63. The lowest BCUT2D eigenvalue weighted by molar-refractivity contribution is 0.587. The smallest absolute Gasteiger partial charge is 0.261 e. The number of fused-ring (bicyclic) bond motifs is 1. The number of aromatic nitrogens is 2. The molecular weight excluding hydrogens is 322 g/mol. The molecule has 1 aromatic carbocycles. The maximum Gasteiger partial charge on any atom is 0.261 e. The van der Waals surface area contributed by atoms with Crippen LogP contribution in [0.5, 0.6) is 0 Å². The molecule has 0 aliphatic carbocycles. The van der Waals surface area contributed by atoms with E-state index in [-0.39, 0.29) is 10.3 Å². The predicted molar refractivity (Wildman–Crippen MR) is 95.9 cm³/mol. The van der Waals surface area contributed by atoms with Gasteiger partial charge >= 0.3 is 0 Å². The Kier molecular flexibility index (Phi) is 3.87. The Morgan fingerprint density at radius 2 is 1.67 bits per heavy atom. The van der Waals surface area contributed by atoms with Crippen LogP contribution in [0.4, 0.5) is 5.69 Å². The van der Waals surface area contributed by atoms with E-state index >= 15 is 0 Å². The maximum absolute atomic E-state index is 12.6. The second-order valence-corrected chi connectivity index (χ2v) is 8.63. The minimum absolute atomic E-state index is 0.0138. The third-order valence-electron chi connectivity index (χ3n) is 3.85. The van der Waals surface area contributed by atoms with E-state index in [4.69, 9.17) is 0 Å². The summed E-state index contributed by atoms with van der Waals surface area (Å²) in [5.74, 6) is 0. The van der Waals surface area contributed by atoms with E-state index in [2.05, 4.69) is 30.5 Å². The minimum atomic E-state index is -3.62. The fourth-order valence-corrected chi connectivity index (χ4v) is 3.57. The first-order valence-corrected chi connectivity index (χ1v) is 9.22. The van der Waals surface area contributed by atoms with Crippen LogP contribution in [-0.2, 0) is 15.4 Å². The van der Waals surface area contributed by atoms with Crippen molar-refractivity contribution in [1.82, 2.24) is 9.38 Å². The van der Waals surface area contributed by atoms with Crippen LogP contribution < -0.4 is 4.72 Å². The van der Waals surface area contributed by atoms with Crippen molar-refractivity contribution in [1.29, 1.82) is 0 Å². The van der Waals surface area contributed by atoms with Crippen molar-refractivity contribution in [3.05, 3.63) is 60.0 Å². The van der Waals surface area contributed by atoms with Gasteiger partial charge in [0.1, 0.15) is 5.65 Å². The molecule has 0 atom stereocenters. The highest BCUT2D eigenvalue weighted by molar-refractivity contribution is 7.92. The van der Waals surface area contributed by atoms with Crippen LogP contribution >= 0.6 is 0 Å². The molecule has 24 heavy (non-hydrogen) atoms. The average Bonchev–Trinajstić information content (AvgIpc) is 2.85. The van der Waals surface area contributed by atoms with E-state index in [1.807, 2.05) is 25.3 Å². The first kappa shape index (κ1) is 16.5. The Labute approximate surface area is 142 Å². The lowest BCUT2D eigenvalue weighted by atomic mass is 9.87. The van der Waals surface area contributed by atoms with Crippen molar-refractivity contribution >= 4 is 21.4 Å². The number of aryl methyl sites for hydroxylation is 1. The van der Waals surface area contributed by atoms with Crippen molar-refractivity contribution in [2.75, 3.05) is 4.72 Å². The standard InChI is InChI=1S/C18H21N3O2S/c1-13-11-21-12-15(7-10-17(21)19-13)20-24(22,23)16-8-5-14(6-9-16)18(2,3)4/h5-12,20H,1-4H3. The van der Waals surface area contributed by atoms with E-state index in [1.165, 1.54) is 0 Å². The molecule has 126 valence electrons. The molecule has 0 radical (unpaired) electrons. The summed E-state index contributed by atoms with van der Waals surface area (Å²) in [5, 5.41) is 0. The average molecular weight is 343 g/mol. The molecule has 5 nitrogen and oxygen atoms in total. The Morgan fingerprint density at radius 1 is 1.00 bits per heavy atom. The summed E-state index contributed by atoms with van der Waals surface area (Å²) in [5.41, 5.74) is 3.24. The van der Waals surface area contributed by atoms with Crippen molar-refractivity contribution in [3.8, 4) is 0 Å². The lowest BCUT2D eigenvalue weighted by Crippen LogP contribution is -2.15. The number of nitrogens with one attached hydrogen (secondary N) is 1. The normalized spacial score (nSPS) is 12.5. The summed E-state index contributed by atoms with van der Waals surface area (Å²) in [6, 6.07) is 10.5. The molecule has 1 N–H and O–H groups in total. The molecule has 0 unspecified atom stereocenters. The highest BCUT2D eigenvalue weighted by Crippen LogP contribution is 2.24. The molecule has 0 spiro atoms. The van der Waals surface area contributed by atoms with Gasteiger partial charge in [0, 0.05) is 12.4 Å². The Bertz CT molecular complexity index is 981. The number of hydrogen-bond donors (Lipinski definition) is 1. The highest BCUT2D eigenvalue weighted by atomic mass is 32.2. The fraction of sp³-hybridized carbons (Fsp3) is 0.278. The summed E-state index contributed by atoms with van der Waals surface area (Å²) >= 11 is 0. The zero-order valence-electron chi connectivity index (χ0n) is 14.2. The van der Waals surface area contributed by atoms with Gasteiger partial charge in [-0.1, -0.05) is 32.9 Å². The van der Waals surface area contributed by atoms with Crippen LogP contribution in [0.1, 0.15) is 32.0 Å². The quantitative estimate of drug-likeness (QED) is 0.788. The molecule has 3 aromatic rings. The molecule has 0 aliphatic heterocycles. The highest BCUT2D eigenvalue weighted by Gasteiger charge is 2.18. The van der Waals surface area contributed by atoms with E-state index < -0.39 is 10.0 Å². The van der Waals surface area contributed by atoms with Crippen molar-refractivity contribution < 1.29 is 8.42 Å². The van der Waals surface area contributed by atoms with Crippen LogP contribution in [0, 0.1) is 6.92 Å². The molecule has 0 bridgehead atoms.